The Labute approximate surface area is 489 Å². The topological polar surface area (TPSA) is 234 Å². The first-order valence-electron chi connectivity index (χ1n) is 29.8. The molecule has 440 valence electrons. The molecule has 5 aliphatic heterocycles. The number of aryl methyl sites for hydroxylation is 1. The van der Waals surface area contributed by atoms with E-state index >= 15 is 0 Å². The lowest BCUT2D eigenvalue weighted by Crippen LogP contribution is -2.54. The maximum absolute atomic E-state index is 14.5. The van der Waals surface area contributed by atoms with Crippen LogP contribution in [-0.2, 0) is 19.1 Å². The number of aliphatic hydroxyl groups is 1. The number of hydrogen-bond donors (Lipinski definition) is 4. The number of ether oxygens (including phenoxy) is 3. The van der Waals surface area contributed by atoms with Gasteiger partial charge in [-0.3, -0.25) is 9.59 Å². The average molecular weight is 1150 g/mol. The first kappa shape index (κ1) is 56.6. The molecular weight excluding hydrogens is 1070 g/mol. The number of pyridine rings is 1. The number of hydrogen-bond acceptors (Lipinski definition) is 19. The number of carbonyl (C=O) groups excluding carboxylic acids is 2. The Hall–Kier alpha value is -6.91. The number of β-amino-alcohol motifs (C(OH)–C–C–N with tert-alkyl or cyclic N) is 1. The number of aromatic hydroxyl groups is 1. The van der Waals surface area contributed by atoms with Crippen LogP contribution in [0.25, 0.3) is 21.7 Å². The maximum atomic E-state index is 14.5. The van der Waals surface area contributed by atoms with E-state index in [9.17, 15) is 19.8 Å². The average Bonchev–Trinajstić information content (AvgIpc) is 4.20. The van der Waals surface area contributed by atoms with E-state index in [1.165, 1.54) is 4.90 Å². The lowest BCUT2D eigenvalue weighted by molar-refractivity contribution is -0.141. The van der Waals surface area contributed by atoms with Gasteiger partial charge in [-0.25, -0.2) is 9.97 Å². The van der Waals surface area contributed by atoms with E-state index in [0.717, 1.165) is 136 Å². The fourth-order valence-corrected chi connectivity index (χ4v) is 14.4. The molecule has 9 heterocycles. The number of aliphatic hydroxyl groups excluding tert-OH is 1. The number of nitrogen functional groups attached to an aromatic ring is 1. The maximum Gasteiger partial charge on any atom is 0.243 e. The summed E-state index contributed by atoms with van der Waals surface area (Å²) in [7, 11) is 1.60. The van der Waals surface area contributed by atoms with Gasteiger partial charge in [0.1, 0.15) is 23.8 Å². The van der Waals surface area contributed by atoms with Gasteiger partial charge in [0, 0.05) is 120 Å². The standard InChI is InChI=1S/C62H78N12O8S/c1-37(2)58(62(78)73-34-45(75)26-53(73)61(77)66-51(35-79-4)40-9-11-41(12-10-40)59-38(3)65-36-83-59)55-30-56(69-82-55)71-23-16-39(17-24-71)31-70-21-18-46(19-22-70)80-47-27-48(28-47)81-57-25-42(15-20-64-57)74-43-13-14-44(74)33-72(32-43)52-29-50(67-68-60(52)63)49-7-5-6-8-54(49)76/h5-12,15,20,25,29-30,36-37,39,43-48,51,53,58,75-76H,13-14,16-19,21-24,26-28,31-35H2,1-4H3,(H2,63,68)(H,66,77)/t43?,44?,45-,47-,48-,51-,53+,58-/m1/s1. The molecule has 6 aliphatic rings. The van der Waals surface area contributed by atoms with Crippen LogP contribution >= 0.6 is 11.3 Å². The number of phenolic OH excluding ortho intramolecular Hbond substituents is 1. The molecule has 4 aromatic heterocycles. The van der Waals surface area contributed by atoms with Crippen molar-refractivity contribution in [3.05, 3.63) is 102 Å². The van der Waals surface area contributed by atoms with Crippen LogP contribution in [0.2, 0.25) is 0 Å². The zero-order valence-electron chi connectivity index (χ0n) is 48.0. The highest BCUT2D eigenvalue weighted by molar-refractivity contribution is 7.13. The second kappa shape index (κ2) is 24.7. The molecular formula is C62H78N12O8S. The summed E-state index contributed by atoms with van der Waals surface area (Å²) in [6, 6.07) is 22.5. The Morgan fingerprint density at radius 1 is 0.855 bits per heavy atom. The first-order valence-corrected chi connectivity index (χ1v) is 30.7. The molecule has 5 N–H and O–H groups in total. The molecule has 2 unspecified atom stereocenters. The number of amides is 2. The molecule has 5 saturated heterocycles. The van der Waals surface area contributed by atoms with E-state index in [4.69, 9.17) is 24.5 Å². The normalized spacial score (nSPS) is 24.1. The van der Waals surface area contributed by atoms with Crippen molar-refractivity contribution in [1.82, 2.24) is 40.4 Å². The number of thiazole rings is 1. The third-order valence-electron chi connectivity index (χ3n) is 18.1. The van der Waals surface area contributed by atoms with Crippen molar-refractivity contribution in [1.29, 1.82) is 0 Å². The molecule has 2 bridgehead atoms. The number of likely N-dealkylation sites (tertiary alicyclic amines) is 2. The second-order valence-corrected chi connectivity index (χ2v) is 24.9. The molecule has 12 rings (SSSR count). The number of nitrogens with one attached hydrogen (secondary N) is 1. The van der Waals surface area contributed by atoms with Crippen molar-refractivity contribution in [2.75, 3.05) is 86.5 Å². The summed E-state index contributed by atoms with van der Waals surface area (Å²) in [6.07, 6.45) is 9.72. The number of piperidine rings is 2. The number of nitrogens with zero attached hydrogens (tertiary/aromatic N) is 10. The van der Waals surface area contributed by atoms with Crippen LogP contribution in [0.5, 0.6) is 11.6 Å². The molecule has 21 heteroatoms. The highest BCUT2D eigenvalue weighted by atomic mass is 32.1. The van der Waals surface area contributed by atoms with Gasteiger partial charge < -0.3 is 64.5 Å². The Morgan fingerprint density at radius 2 is 1.61 bits per heavy atom. The van der Waals surface area contributed by atoms with Gasteiger partial charge >= 0.3 is 0 Å². The number of carbonyl (C=O) groups is 2. The summed E-state index contributed by atoms with van der Waals surface area (Å²) in [6.45, 7) is 12.7. The van der Waals surface area contributed by atoms with Gasteiger partial charge in [0.05, 0.1) is 58.4 Å². The van der Waals surface area contributed by atoms with Crippen molar-refractivity contribution >= 4 is 46.2 Å². The van der Waals surface area contributed by atoms with Crippen molar-refractivity contribution in [2.45, 2.75) is 133 Å². The van der Waals surface area contributed by atoms with Gasteiger partial charge in [-0.1, -0.05) is 55.4 Å². The largest absolute Gasteiger partial charge is 0.507 e. The summed E-state index contributed by atoms with van der Waals surface area (Å²) in [5, 5.41) is 37.6. The van der Waals surface area contributed by atoms with E-state index in [2.05, 4.69) is 62.4 Å². The van der Waals surface area contributed by atoms with E-state index in [0.29, 0.717) is 46.7 Å². The molecule has 20 nitrogen and oxygen atoms in total. The molecule has 6 fully saturated rings. The number of anilines is 4. The summed E-state index contributed by atoms with van der Waals surface area (Å²) in [5.74, 6) is 1.56. The molecule has 2 aromatic carbocycles. The number of methoxy groups -OCH3 is 1. The van der Waals surface area contributed by atoms with Gasteiger partial charge in [0.25, 0.3) is 0 Å². The minimum atomic E-state index is -0.855. The van der Waals surface area contributed by atoms with Gasteiger partial charge in [-0.05, 0) is 92.7 Å². The number of fused-ring (bicyclic) bond motifs is 2. The Morgan fingerprint density at radius 3 is 2.33 bits per heavy atom. The van der Waals surface area contributed by atoms with E-state index in [-0.39, 0.29) is 61.4 Å². The van der Waals surface area contributed by atoms with Crippen molar-refractivity contribution in [3.63, 3.8) is 0 Å². The summed E-state index contributed by atoms with van der Waals surface area (Å²) in [4.78, 5) is 49.9. The van der Waals surface area contributed by atoms with E-state index in [1.54, 1.807) is 30.6 Å². The molecule has 1 aliphatic carbocycles. The van der Waals surface area contributed by atoms with E-state index in [1.807, 2.05) is 81.0 Å². The summed E-state index contributed by atoms with van der Waals surface area (Å²) >= 11 is 1.59. The molecule has 6 aromatic rings. The van der Waals surface area contributed by atoms with Crippen LogP contribution in [0.15, 0.2) is 89.0 Å². The third kappa shape index (κ3) is 12.4. The summed E-state index contributed by atoms with van der Waals surface area (Å²) < 4.78 is 24.6. The molecule has 2 amide bonds. The molecule has 6 atom stereocenters. The van der Waals surface area contributed by atoms with Crippen LogP contribution in [0, 0.1) is 18.8 Å². The van der Waals surface area contributed by atoms with E-state index < -0.39 is 24.1 Å². The highest BCUT2D eigenvalue weighted by Crippen LogP contribution is 2.41. The smallest absolute Gasteiger partial charge is 0.243 e. The molecule has 0 radical (unpaired) electrons. The van der Waals surface area contributed by atoms with Crippen molar-refractivity contribution in [3.8, 4) is 33.3 Å². The second-order valence-electron chi connectivity index (χ2n) is 24.1. The number of piperazine rings is 1. The van der Waals surface area contributed by atoms with Gasteiger partial charge in [0.15, 0.2) is 17.4 Å². The summed E-state index contributed by atoms with van der Waals surface area (Å²) in [5.41, 5.74) is 14.3. The monoisotopic (exact) mass is 1150 g/mol. The quantitative estimate of drug-likeness (QED) is 0.0611. The number of nitrogens with two attached hydrogens (primary N) is 1. The number of para-hydroxylation sites is 1. The number of aromatic nitrogens is 5. The van der Waals surface area contributed by atoms with Crippen LogP contribution in [0.3, 0.4) is 0 Å². The van der Waals surface area contributed by atoms with Gasteiger partial charge in [-0.2, -0.15) is 0 Å². The Balaban J connectivity index is 0.569. The molecule has 0 spiro atoms. The minimum absolute atomic E-state index is 0.0572. The van der Waals surface area contributed by atoms with Crippen molar-refractivity contribution < 1.29 is 38.5 Å². The van der Waals surface area contributed by atoms with Crippen LogP contribution in [-0.4, -0.2) is 166 Å². The fraction of sp³-hybridized carbons (Fsp3) is 0.532. The predicted octanol–water partition coefficient (Wildman–Crippen LogP) is 7.62. The highest BCUT2D eigenvalue weighted by Gasteiger charge is 2.45. The first-order chi connectivity index (χ1) is 40.3. The number of phenols is 1. The van der Waals surface area contributed by atoms with Gasteiger partial charge in [0.2, 0.25) is 17.7 Å². The molecule has 83 heavy (non-hydrogen) atoms. The minimum Gasteiger partial charge on any atom is -0.507 e. The third-order valence-corrected chi connectivity index (χ3v) is 19.1. The lowest BCUT2D eigenvalue weighted by atomic mass is 9.91. The van der Waals surface area contributed by atoms with Crippen LogP contribution < -0.4 is 30.5 Å². The van der Waals surface area contributed by atoms with Crippen LogP contribution in [0.1, 0.15) is 101 Å². The lowest BCUT2D eigenvalue weighted by Gasteiger charge is -2.43. The number of benzene rings is 2. The zero-order chi connectivity index (χ0) is 57.3. The molecule has 1 saturated carbocycles. The zero-order valence-corrected chi connectivity index (χ0v) is 48.8. The predicted molar refractivity (Wildman–Crippen MR) is 317 cm³/mol. The van der Waals surface area contributed by atoms with Crippen molar-refractivity contribution in [2.24, 2.45) is 11.8 Å². The van der Waals surface area contributed by atoms with Crippen LogP contribution in [0.4, 0.5) is 23.0 Å². The number of rotatable bonds is 19. The Bertz CT molecular complexity index is 3180. The Kier molecular flexibility index (Phi) is 16.9. The van der Waals surface area contributed by atoms with Gasteiger partial charge in [-0.15, -0.1) is 21.5 Å². The SMILES string of the molecule is COC[C@@H](NC(=O)[C@@H]1C[C@@H](O)CN1C(=O)[C@@H](c1cc(N2CCC(CN3CCC(O[C@H]4C[C@H](Oc5cc(N6C7CCC6CN(c6cc(-c8ccccc8O)nnc6N)C7)ccn5)C4)CC3)CC2)no1)C(C)C)c1ccc(-c2scnc2C)cc1. The fourth-order valence-electron chi connectivity index (χ4n) is 13.6.